The molecular formula is C15H20N2. The zero-order valence-electron chi connectivity index (χ0n) is 10.6. The molecule has 0 saturated heterocycles. The summed E-state index contributed by atoms with van der Waals surface area (Å²) in [5, 5.41) is 2.60. The fourth-order valence-corrected chi connectivity index (χ4v) is 2.06. The van der Waals surface area contributed by atoms with Gasteiger partial charge in [-0.3, -0.25) is 0 Å². The number of nitrogens with two attached hydrogens (primary N) is 1. The number of rotatable bonds is 4. The molecule has 0 spiro atoms. The highest BCUT2D eigenvalue weighted by Gasteiger charge is 2.05. The Morgan fingerprint density at radius 2 is 1.82 bits per heavy atom. The van der Waals surface area contributed by atoms with Gasteiger partial charge in [0, 0.05) is 30.7 Å². The summed E-state index contributed by atoms with van der Waals surface area (Å²) in [5.41, 5.74) is 7.09. The molecule has 2 rings (SSSR count). The van der Waals surface area contributed by atoms with Gasteiger partial charge in [0.15, 0.2) is 0 Å². The van der Waals surface area contributed by atoms with E-state index >= 15 is 0 Å². The van der Waals surface area contributed by atoms with E-state index in [0.29, 0.717) is 0 Å². The van der Waals surface area contributed by atoms with Crippen LogP contribution in [0.1, 0.15) is 13.3 Å². The van der Waals surface area contributed by atoms with Crippen molar-refractivity contribution in [3.63, 3.8) is 0 Å². The molecule has 0 saturated carbocycles. The predicted octanol–water partition coefficient (Wildman–Crippen LogP) is 3.01. The summed E-state index contributed by atoms with van der Waals surface area (Å²) in [6.07, 6.45) is 1.01. The minimum atomic E-state index is 0.257. The van der Waals surface area contributed by atoms with Gasteiger partial charge in [-0.25, -0.2) is 0 Å². The second kappa shape index (κ2) is 5.19. The first-order valence-electron chi connectivity index (χ1n) is 6.13. The molecule has 17 heavy (non-hydrogen) atoms. The van der Waals surface area contributed by atoms with Gasteiger partial charge in [-0.05, 0) is 24.8 Å². The zero-order chi connectivity index (χ0) is 12.3. The number of fused-ring (bicyclic) bond motifs is 1. The second-order valence-corrected chi connectivity index (χ2v) is 4.69. The Morgan fingerprint density at radius 1 is 1.12 bits per heavy atom. The Hall–Kier alpha value is -1.54. The highest BCUT2D eigenvalue weighted by atomic mass is 15.1. The fourth-order valence-electron chi connectivity index (χ4n) is 2.06. The first-order chi connectivity index (χ1) is 8.18. The number of benzene rings is 2. The lowest BCUT2D eigenvalue weighted by atomic mass is 10.1. The Bertz CT molecular complexity index is 486. The van der Waals surface area contributed by atoms with Crippen LogP contribution in [0.2, 0.25) is 0 Å². The van der Waals surface area contributed by atoms with E-state index < -0.39 is 0 Å². The Labute approximate surface area is 103 Å². The van der Waals surface area contributed by atoms with E-state index in [1.165, 1.54) is 16.5 Å². The van der Waals surface area contributed by atoms with Gasteiger partial charge < -0.3 is 10.6 Å². The molecule has 0 aromatic heterocycles. The third-order valence-corrected chi connectivity index (χ3v) is 3.10. The summed E-state index contributed by atoms with van der Waals surface area (Å²) in [5.74, 6) is 0. The smallest absolute Gasteiger partial charge is 0.0443 e. The Balaban J connectivity index is 2.28. The molecule has 0 aliphatic rings. The van der Waals surface area contributed by atoms with Gasteiger partial charge in [-0.15, -0.1) is 0 Å². The van der Waals surface area contributed by atoms with Crippen molar-refractivity contribution in [1.29, 1.82) is 0 Å². The molecule has 1 unspecified atom stereocenters. The maximum absolute atomic E-state index is 5.80. The van der Waals surface area contributed by atoms with Crippen molar-refractivity contribution in [3.05, 3.63) is 42.5 Å². The van der Waals surface area contributed by atoms with Gasteiger partial charge in [0.2, 0.25) is 0 Å². The second-order valence-electron chi connectivity index (χ2n) is 4.69. The van der Waals surface area contributed by atoms with Crippen molar-refractivity contribution in [3.8, 4) is 0 Å². The van der Waals surface area contributed by atoms with Crippen LogP contribution in [-0.4, -0.2) is 19.6 Å². The van der Waals surface area contributed by atoms with Crippen molar-refractivity contribution in [2.24, 2.45) is 5.73 Å². The molecule has 2 nitrogen and oxygen atoms in total. The van der Waals surface area contributed by atoms with Gasteiger partial charge in [0.05, 0.1) is 0 Å². The number of hydrogen-bond acceptors (Lipinski definition) is 2. The standard InChI is InChI=1S/C15H20N2/c1-12(16)10-11-17(2)15-9-5-7-13-6-3-4-8-14(13)15/h3-9,12H,10-11,16H2,1-2H3. The molecule has 0 fully saturated rings. The van der Waals surface area contributed by atoms with Crippen LogP contribution in [0, 0.1) is 0 Å². The first-order valence-corrected chi connectivity index (χ1v) is 6.13. The van der Waals surface area contributed by atoms with Crippen molar-refractivity contribution in [2.75, 3.05) is 18.5 Å². The normalized spacial score (nSPS) is 12.6. The highest BCUT2D eigenvalue weighted by Crippen LogP contribution is 2.25. The third kappa shape index (κ3) is 2.77. The molecule has 0 aliphatic heterocycles. The molecule has 2 aromatic carbocycles. The van der Waals surface area contributed by atoms with Crippen molar-refractivity contribution < 1.29 is 0 Å². The molecule has 0 bridgehead atoms. The lowest BCUT2D eigenvalue weighted by Crippen LogP contribution is -2.25. The van der Waals surface area contributed by atoms with E-state index in [2.05, 4.69) is 61.3 Å². The lowest BCUT2D eigenvalue weighted by molar-refractivity contribution is 0.660. The molecular weight excluding hydrogens is 208 g/mol. The summed E-state index contributed by atoms with van der Waals surface area (Å²) in [7, 11) is 2.13. The molecule has 0 heterocycles. The van der Waals surface area contributed by atoms with Crippen molar-refractivity contribution in [1.82, 2.24) is 0 Å². The third-order valence-electron chi connectivity index (χ3n) is 3.10. The lowest BCUT2D eigenvalue weighted by Gasteiger charge is -2.22. The summed E-state index contributed by atoms with van der Waals surface area (Å²) >= 11 is 0. The molecule has 90 valence electrons. The Morgan fingerprint density at radius 3 is 2.59 bits per heavy atom. The summed E-state index contributed by atoms with van der Waals surface area (Å²) < 4.78 is 0. The topological polar surface area (TPSA) is 29.3 Å². The predicted molar refractivity (Wildman–Crippen MR) is 75.5 cm³/mol. The average molecular weight is 228 g/mol. The number of nitrogens with zero attached hydrogens (tertiary/aromatic N) is 1. The van der Waals surface area contributed by atoms with E-state index in [0.717, 1.165) is 13.0 Å². The van der Waals surface area contributed by atoms with Crippen LogP contribution in [-0.2, 0) is 0 Å². The van der Waals surface area contributed by atoms with Crippen LogP contribution in [0.25, 0.3) is 10.8 Å². The molecule has 2 heteroatoms. The minimum Gasteiger partial charge on any atom is -0.374 e. The van der Waals surface area contributed by atoms with Crippen LogP contribution in [0.4, 0.5) is 5.69 Å². The molecule has 2 N–H and O–H groups in total. The zero-order valence-corrected chi connectivity index (χ0v) is 10.6. The van der Waals surface area contributed by atoms with Gasteiger partial charge in [0.25, 0.3) is 0 Å². The average Bonchev–Trinajstić information content (AvgIpc) is 2.35. The molecule has 1 atom stereocenters. The van der Waals surface area contributed by atoms with E-state index in [4.69, 9.17) is 5.73 Å². The van der Waals surface area contributed by atoms with Gasteiger partial charge in [0.1, 0.15) is 0 Å². The minimum absolute atomic E-state index is 0.257. The number of hydrogen-bond donors (Lipinski definition) is 1. The molecule has 0 amide bonds. The monoisotopic (exact) mass is 228 g/mol. The molecule has 0 radical (unpaired) electrons. The highest BCUT2D eigenvalue weighted by molar-refractivity contribution is 5.94. The maximum atomic E-state index is 5.80. The fraction of sp³-hybridized carbons (Fsp3) is 0.333. The van der Waals surface area contributed by atoms with Gasteiger partial charge in [-0.1, -0.05) is 36.4 Å². The van der Waals surface area contributed by atoms with Crippen LogP contribution < -0.4 is 10.6 Å². The van der Waals surface area contributed by atoms with Crippen molar-refractivity contribution in [2.45, 2.75) is 19.4 Å². The van der Waals surface area contributed by atoms with Crippen LogP contribution in [0.3, 0.4) is 0 Å². The molecule has 2 aromatic rings. The Kier molecular flexibility index (Phi) is 3.64. The molecule has 0 aliphatic carbocycles. The maximum Gasteiger partial charge on any atom is 0.0443 e. The summed E-state index contributed by atoms with van der Waals surface area (Å²) in [4.78, 5) is 2.28. The van der Waals surface area contributed by atoms with Crippen molar-refractivity contribution >= 4 is 16.5 Å². The largest absolute Gasteiger partial charge is 0.374 e. The van der Waals surface area contributed by atoms with Crippen LogP contribution in [0.5, 0.6) is 0 Å². The van der Waals surface area contributed by atoms with E-state index in [1.807, 2.05) is 0 Å². The van der Waals surface area contributed by atoms with E-state index in [-0.39, 0.29) is 6.04 Å². The van der Waals surface area contributed by atoms with Gasteiger partial charge in [-0.2, -0.15) is 0 Å². The van der Waals surface area contributed by atoms with E-state index in [9.17, 15) is 0 Å². The first kappa shape index (κ1) is 11.9. The quantitative estimate of drug-likeness (QED) is 0.871. The number of anilines is 1. The van der Waals surface area contributed by atoms with Gasteiger partial charge >= 0.3 is 0 Å². The van der Waals surface area contributed by atoms with E-state index in [1.54, 1.807) is 0 Å². The van der Waals surface area contributed by atoms with Crippen LogP contribution >= 0.6 is 0 Å². The SMILES string of the molecule is CC(N)CCN(C)c1cccc2ccccc12. The van der Waals surface area contributed by atoms with Crippen LogP contribution in [0.15, 0.2) is 42.5 Å². The summed E-state index contributed by atoms with van der Waals surface area (Å²) in [6.45, 7) is 3.04. The summed E-state index contributed by atoms with van der Waals surface area (Å²) in [6, 6.07) is 15.2.